The SMILES string of the molecule is CC(N)/C=C/C1(NC(=O)OC(C)(C)C)CCCC1. The molecule has 0 spiro atoms. The molecule has 1 unspecified atom stereocenters. The van der Waals surface area contributed by atoms with Gasteiger partial charge in [-0.1, -0.05) is 25.0 Å². The number of carbonyl (C=O) groups is 1. The first-order chi connectivity index (χ1) is 8.22. The van der Waals surface area contributed by atoms with Gasteiger partial charge in [0.1, 0.15) is 5.60 Å². The molecule has 1 aliphatic rings. The molecule has 1 rings (SSSR count). The average molecular weight is 254 g/mol. The van der Waals surface area contributed by atoms with Crippen molar-refractivity contribution in [3.8, 4) is 0 Å². The summed E-state index contributed by atoms with van der Waals surface area (Å²) in [4.78, 5) is 11.9. The molecule has 1 fully saturated rings. The molecule has 0 aromatic rings. The Morgan fingerprint density at radius 2 is 1.94 bits per heavy atom. The summed E-state index contributed by atoms with van der Waals surface area (Å²) >= 11 is 0. The number of amides is 1. The molecule has 4 heteroatoms. The van der Waals surface area contributed by atoms with Crippen LogP contribution in [0.3, 0.4) is 0 Å². The van der Waals surface area contributed by atoms with E-state index in [4.69, 9.17) is 10.5 Å². The van der Waals surface area contributed by atoms with Gasteiger partial charge in [-0.25, -0.2) is 4.79 Å². The van der Waals surface area contributed by atoms with Crippen LogP contribution in [0.4, 0.5) is 4.79 Å². The number of rotatable bonds is 3. The first kappa shape index (κ1) is 15.0. The van der Waals surface area contributed by atoms with Crippen LogP contribution in [0, 0.1) is 0 Å². The van der Waals surface area contributed by atoms with Crippen LogP contribution in [-0.2, 0) is 4.74 Å². The Labute approximate surface area is 110 Å². The van der Waals surface area contributed by atoms with Crippen molar-refractivity contribution in [3.63, 3.8) is 0 Å². The van der Waals surface area contributed by atoms with Crippen molar-refractivity contribution in [2.45, 2.75) is 70.6 Å². The average Bonchev–Trinajstić information content (AvgIpc) is 2.61. The van der Waals surface area contributed by atoms with Gasteiger partial charge in [-0.05, 0) is 40.5 Å². The van der Waals surface area contributed by atoms with E-state index in [9.17, 15) is 4.79 Å². The lowest BCUT2D eigenvalue weighted by Gasteiger charge is -2.29. The molecule has 3 N–H and O–H groups in total. The highest BCUT2D eigenvalue weighted by molar-refractivity contribution is 5.69. The van der Waals surface area contributed by atoms with Gasteiger partial charge in [-0.3, -0.25) is 0 Å². The van der Waals surface area contributed by atoms with E-state index in [1.54, 1.807) is 0 Å². The number of carbonyl (C=O) groups excluding carboxylic acids is 1. The van der Waals surface area contributed by atoms with Crippen LogP contribution in [0.1, 0.15) is 53.4 Å². The van der Waals surface area contributed by atoms with Gasteiger partial charge in [0.05, 0.1) is 5.54 Å². The maximum atomic E-state index is 11.9. The third-order valence-corrected chi connectivity index (χ3v) is 2.96. The summed E-state index contributed by atoms with van der Waals surface area (Å²) in [6.07, 6.45) is 7.79. The number of ether oxygens (including phenoxy) is 1. The van der Waals surface area contributed by atoms with Gasteiger partial charge in [0.15, 0.2) is 0 Å². The Balaban J connectivity index is 2.66. The molecule has 18 heavy (non-hydrogen) atoms. The lowest BCUT2D eigenvalue weighted by atomic mass is 9.96. The van der Waals surface area contributed by atoms with Gasteiger partial charge >= 0.3 is 6.09 Å². The zero-order chi connectivity index (χ0) is 13.8. The standard InChI is InChI=1S/C14H26N2O2/c1-11(15)7-10-14(8-5-6-9-14)16-12(17)18-13(2,3)4/h7,10-11H,5-6,8-9,15H2,1-4H3,(H,16,17)/b10-7+. The summed E-state index contributed by atoms with van der Waals surface area (Å²) in [7, 11) is 0. The quantitative estimate of drug-likeness (QED) is 0.761. The van der Waals surface area contributed by atoms with E-state index >= 15 is 0 Å². The zero-order valence-corrected chi connectivity index (χ0v) is 12.0. The van der Waals surface area contributed by atoms with E-state index in [0.717, 1.165) is 25.7 Å². The summed E-state index contributed by atoms with van der Waals surface area (Å²) in [6, 6.07) is 0.00270. The second-order valence-electron chi connectivity index (χ2n) is 6.21. The molecule has 4 nitrogen and oxygen atoms in total. The molecule has 0 bridgehead atoms. The highest BCUT2D eigenvalue weighted by Gasteiger charge is 2.34. The molecule has 0 aromatic heterocycles. The number of hydrogen-bond acceptors (Lipinski definition) is 3. The highest BCUT2D eigenvalue weighted by atomic mass is 16.6. The topological polar surface area (TPSA) is 64.3 Å². The molecular weight excluding hydrogens is 228 g/mol. The summed E-state index contributed by atoms with van der Waals surface area (Å²) in [5, 5.41) is 3.00. The van der Waals surface area contributed by atoms with Crippen molar-refractivity contribution in [2.75, 3.05) is 0 Å². The molecule has 1 amide bonds. The zero-order valence-electron chi connectivity index (χ0n) is 12.0. The Morgan fingerprint density at radius 3 is 2.39 bits per heavy atom. The predicted octanol–water partition coefficient (Wildman–Crippen LogP) is 2.73. The van der Waals surface area contributed by atoms with Gasteiger partial charge < -0.3 is 15.8 Å². The van der Waals surface area contributed by atoms with Crippen LogP contribution in [0.2, 0.25) is 0 Å². The fourth-order valence-corrected chi connectivity index (χ4v) is 2.18. The van der Waals surface area contributed by atoms with Gasteiger partial charge in [-0.2, -0.15) is 0 Å². The van der Waals surface area contributed by atoms with Crippen LogP contribution in [0.25, 0.3) is 0 Å². The molecule has 0 aliphatic heterocycles. The second-order valence-corrected chi connectivity index (χ2v) is 6.21. The van der Waals surface area contributed by atoms with Crippen molar-refractivity contribution in [1.29, 1.82) is 0 Å². The molecule has 1 aliphatic carbocycles. The minimum Gasteiger partial charge on any atom is -0.444 e. The van der Waals surface area contributed by atoms with Crippen molar-refractivity contribution < 1.29 is 9.53 Å². The molecular formula is C14H26N2O2. The first-order valence-electron chi connectivity index (χ1n) is 6.69. The smallest absolute Gasteiger partial charge is 0.408 e. The van der Waals surface area contributed by atoms with E-state index in [-0.39, 0.29) is 17.7 Å². The molecule has 1 saturated carbocycles. The Morgan fingerprint density at radius 1 is 1.39 bits per heavy atom. The fraction of sp³-hybridized carbons (Fsp3) is 0.786. The number of hydrogen-bond donors (Lipinski definition) is 2. The van der Waals surface area contributed by atoms with Gasteiger partial charge in [0.2, 0.25) is 0 Å². The van der Waals surface area contributed by atoms with Gasteiger partial charge in [-0.15, -0.1) is 0 Å². The van der Waals surface area contributed by atoms with Crippen molar-refractivity contribution in [1.82, 2.24) is 5.32 Å². The summed E-state index contributed by atoms with van der Waals surface area (Å²) < 4.78 is 5.32. The molecule has 0 aromatic carbocycles. The van der Waals surface area contributed by atoms with E-state index in [1.807, 2.05) is 39.8 Å². The van der Waals surface area contributed by atoms with Crippen LogP contribution < -0.4 is 11.1 Å². The van der Waals surface area contributed by atoms with E-state index in [2.05, 4.69) is 5.32 Å². The third-order valence-electron chi connectivity index (χ3n) is 2.96. The Bertz CT molecular complexity index is 310. The van der Waals surface area contributed by atoms with E-state index in [1.165, 1.54) is 0 Å². The second kappa shape index (κ2) is 5.74. The lowest BCUT2D eigenvalue weighted by molar-refractivity contribution is 0.0479. The van der Waals surface area contributed by atoms with Crippen LogP contribution in [-0.4, -0.2) is 23.3 Å². The van der Waals surface area contributed by atoms with Gasteiger partial charge in [0, 0.05) is 6.04 Å². The first-order valence-corrected chi connectivity index (χ1v) is 6.69. The molecule has 0 radical (unpaired) electrons. The molecule has 0 heterocycles. The van der Waals surface area contributed by atoms with Crippen LogP contribution in [0.5, 0.6) is 0 Å². The summed E-state index contributed by atoms with van der Waals surface area (Å²) in [5.41, 5.74) is 5.00. The number of nitrogens with one attached hydrogen (secondary N) is 1. The van der Waals surface area contributed by atoms with Crippen molar-refractivity contribution >= 4 is 6.09 Å². The molecule has 0 saturated heterocycles. The summed E-state index contributed by atoms with van der Waals surface area (Å²) in [6.45, 7) is 7.52. The van der Waals surface area contributed by atoms with Crippen LogP contribution >= 0.6 is 0 Å². The summed E-state index contributed by atoms with van der Waals surface area (Å²) in [5.74, 6) is 0. The Kier molecular flexibility index (Phi) is 4.79. The van der Waals surface area contributed by atoms with Crippen LogP contribution in [0.15, 0.2) is 12.2 Å². The van der Waals surface area contributed by atoms with Crippen molar-refractivity contribution in [3.05, 3.63) is 12.2 Å². The Hall–Kier alpha value is -1.03. The van der Waals surface area contributed by atoms with E-state index in [0.29, 0.717) is 0 Å². The largest absolute Gasteiger partial charge is 0.444 e. The molecule has 104 valence electrons. The maximum Gasteiger partial charge on any atom is 0.408 e. The van der Waals surface area contributed by atoms with Gasteiger partial charge in [0.25, 0.3) is 0 Å². The predicted molar refractivity (Wildman–Crippen MR) is 73.4 cm³/mol. The number of nitrogens with two attached hydrogens (primary N) is 1. The monoisotopic (exact) mass is 254 g/mol. The fourth-order valence-electron chi connectivity index (χ4n) is 2.18. The van der Waals surface area contributed by atoms with E-state index < -0.39 is 5.60 Å². The highest BCUT2D eigenvalue weighted by Crippen LogP contribution is 2.31. The molecule has 1 atom stereocenters. The minimum atomic E-state index is -0.464. The minimum absolute atomic E-state index is 0.00270. The lowest BCUT2D eigenvalue weighted by Crippen LogP contribution is -2.47. The number of alkyl carbamates (subject to hydrolysis) is 1. The third kappa shape index (κ3) is 5.08. The van der Waals surface area contributed by atoms with Crippen molar-refractivity contribution in [2.24, 2.45) is 5.73 Å². The normalized spacial score (nSPS) is 20.9. The maximum absolute atomic E-state index is 11.9.